The van der Waals surface area contributed by atoms with Crippen molar-refractivity contribution in [1.29, 1.82) is 0 Å². The van der Waals surface area contributed by atoms with Crippen LogP contribution in [0.5, 0.6) is 0 Å². The van der Waals surface area contributed by atoms with Gasteiger partial charge in [-0.25, -0.2) is 4.98 Å². The molecule has 0 unspecified atom stereocenters. The lowest BCUT2D eigenvalue weighted by molar-refractivity contribution is 0.0901. The predicted octanol–water partition coefficient (Wildman–Crippen LogP) is 0.813. The first-order valence-electron chi connectivity index (χ1n) is 5.64. The molecule has 1 aromatic heterocycles. The zero-order valence-corrected chi connectivity index (χ0v) is 9.19. The minimum Gasteiger partial charge on any atom is -0.392 e. The Morgan fingerprint density at radius 1 is 1.53 bits per heavy atom. The van der Waals surface area contributed by atoms with Crippen LogP contribution in [-0.2, 0) is 13.6 Å². The van der Waals surface area contributed by atoms with Crippen molar-refractivity contribution in [2.45, 2.75) is 44.4 Å². The lowest BCUT2D eigenvalue weighted by Gasteiger charge is -2.28. The molecule has 0 radical (unpaired) electrons. The highest BCUT2D eigenvalue weighted by Crippen LogP contribution is 2.18. The van der Waals surface area contributed by atoms with Crippen LogP contribution >= 0.6 is 0 Å². The van der Waals surface area contributed by atoms with Crippen molar-refractivity contribution in [3.8, 4) is 0 Å². The van der Waals surface area contributed by atoms with Gasteiger partial charge in [0.25, 0.3) is 0 Å². The Labute approximate surface area is 90.3 Å². The van der Waals surface area contributed by atoms with Gasteiger partial charge in [0.1, 0.15) is 0 Å². The molecule has 1 saturated carbocycles. The van der Waals surface area contributed by atoms with Gasteiger partial charge in [-0.3, -0.25) is 0 Å². The molecule has 1 heterocycles. The normalized spacial score (nSPS) is 26.8. The molecule has 15 heavy (non-hydrogen) atoms. The van der Waals surface area contributed by atoms with Crippen LogP contribution in [0.2, 0.25) is 0 Å². The molecule has 1 aliphatic carbocycles. The summed E-state index contributed by atoms with van der Waals surface area (Å²) >= 11 is 0. The molecule has 2 rings (SSSR count). The van der Waals surface area contributed by atoms with Gasteiger partial charge in [-0.1, -0.05) is 12.8 Å². The zero-order chi connectivity index (χ0) is 10.7. The fraction of sp³-hybridized carbons (Fsp3) is 0.727. The SMILES string of the molecule is Cn1cnc(CN[C@H]2CCCC[C@@H]2O)c1. The largest absolute Gasteiger partial charge is 0.392 e. The fourth-order valence-electron chi connectivity index (χ4n) is 2.14. The smallest absolute Gasteiger partial charge is 0.0947 e. The van der Waals surface area contributed by atoms with Crippen molar-refractivity contribution in [3.05, 3.63) is 18.2 Å². The van der Waals surface area contributed by atoms with E-state index in [1.165, 1.54) is 6.42 Å². The van der Waals surface area contributed by atoms with Crippen molar-refractivity contribution in [2.24, 2.45) is 7.05 Å². The Hall–Kier alpha value is -0.870. The third-order valence-corrected chi connectivity index (χ3v) is 3.03. The number of imidazole rings is 1. The van der Waals surface area contributed by atoms with Crippen LogP contribution in [-0.4, -0.2) is 26.8 Å². The number of aliphatic hydroxyl groups excluding tert-OH is 1. The van der Waals surface area contributed by atoms with Gasteiger partial charge in [0.05, 0.1) is 18.1 Å². The van der Waals surface area contributed by atoms with Crippen LogP contribution < -0.4 is 5.32 Å². The third kappa shape index (κ3) is 2.79. The number of aliphatic hydroxyl groups is 1. The molecule has 0 spiro atoms. The number of hydrogen-bond donors (Lipinski definition) is 2. The first-order valence-corrected chi connectivity index (χ1v) is 5.64. The number of aromatic nitrogens is 2. The van der Waals surface area contributed by atoms with Gasteiger partial charge in [0, 0.05) is 25.8 Å². The maximum absolute atomic E-state index is 9.76. The number of nitrogens with zero attached hydrogens (tertiary/aromatic N) is 2. The molecular weight excluding hydrogens is 190 g/mol. The molecule has 84 valence electrons. The number of hydrogen-bond acceptors (Lipinski definition) is 3. The quantitative estimate of drug-likeness (QED) is 0.774. The molecule has 0 aliphatic heterocycles. The van der Waals surface area contributed by atoms with E-state index in [4.69, 9.17) is 0 Å². The molecule has 1 aliphatic rings. The van der Waals surface area contributed by atoms with Crippen molar-refractivity contribution in [1.82, 2.24) is 14.9 Å². The summed E-state index contributed by atoms with van der Waals surface area (Å²) in [5.41, 5.74) is 1.04. The predicted molar refractivity (Wildman–Crippen MR) is 58.3 cm³/mol. The van der Waals surface area contributed by atoms with E-state index < -0.39 is 0 Å². The van der Waals surface area contributed by atoms with Gasteiger partial charge < -0.3 is 15.0 Å². The first-order chi connectivity index (χ1) is 7.25. The van der Waals surface area contributed by atoms with Gasteiger partial charge >= 0.3 is 0 Å². The van der Waals surface area contributed by atoms with E-state index in [1.807, 2.05) is 17.8 Å². The van der Waals surface area contributed by atoms with Gasteiger partial charge in [0.15, 0.2) is 0 Å². The van der Waals surface area contributed by atoms with Gasteiger partial charge in [-0.05, 0) is 12.8 Å². The molecule has 0 saturated heterocycles. The third-order valence-electron chi connectivity index (χ3n) is 3.03. The highest BCUT2D eigenvalue weighted by Gasteiger charge is 2.22. The van der Waals surface area contributed by atoms with Crippen LogP contribution in [0.25, 0.3) is 0 Å². The second-order valence-electron chi connectivity index (χ2n) is 4.37. The number of nitrogens with one attached hydrogen (secondary N) is 1. The van der Waals surface area contributed by atoms with Crippen LogP contribution in [0.15, 0.2) is 12.5 Å². The Balaban J connectivity index is 1.81. The van der Waals surface area contributed by atoms with Crippen molar-refractivity contribution in [2.75, 3.05) is 0 Å². The average Bonchev–Trinajstić information content (AvgIpc) is 2.63. The second-order valence-corrected chi connectivity index (χ2v) is 4.37. The van der Waals surface area contributed by atoms with Gasteiger partial charge in [0.2, 0.25) is 0 Å². The minimum absolute atomic E-state index is 0.178. The lowest BCUT2D eigenvalue weighted by Crippen LogP contribution is -2.41. The monoisotopic (exact) mass is 209 g/mol. The summed E-state index contributed by atoms with van der Waals surface area (Å²) in [6.45, 7) is 0.753. The molecule has 4 nitrogen and oxygen atoms in total. The Morgan fingerprint density at radius 3 is 3.00 bits per heavy atom. The van der Waals surface area contributed by atoms with Crippen LogP contribution in [0.3, 0.4) is 0 Å². The molecule has 0 bridgehead atoms. The molecule has 1 aromatic rings. The summed E-state index contributed by atoms with van der Waals surface area (Å²) < 4.78 is 1.94. The Bertz CT molecular complexity index is 311. The van der Waals surface area contributed by atoms with E-state index in [0.29, 0.717) is 0 Å². The Morgan fingerprint density at radius 2 is 2.33 bits per heavy atom. The van der Waals surface area contributed by atoms with Crippen molar-refractivity contribution >= 4 is 0 Å². The van der Waals surface area contributed by atoms with Crippen LogP contribution in [0.4, 0.5) is 0 Å². The summed E-state index contributed by atoms with van der Waals surface area (Å²) in [6.07, 6.45) is 8.01. The summed E-state index contributed by atoms with van der Waals surface area (Å²) in [5.74, 6) is 0. The average molecular weight is 209 g/mol. The molecule has 0 amide bonds. The standard InChI is InChI=1S/C11H19N3O/c1-14-7-9(13-8-14)6-12-10-4-2-3-5-11(10)15/h7-8,10-12,15H,2-6H2,1H3/t10-,11-/m0/s1. The second kappa shape index (κ2) is 4.77. The van der Waals surface area contributed by atoms with E-state index in [1.54, 1.807) is 6.33 Å². The summed E-state index contributed by atoms with van der Waals surface area (Å²) in [7, 11) is 1.96. The highest BCUT2D eigenvalue weighted by molar-refractivity contribution is 4.96. The van der Waals surface area contributed by atoms with Crippen molar-refractivity contribution < 1.29 is 5.11 Å². The summed E-state index contributed by atoms with van der Waals surface area (Å²) in [6, 6.07) is 0.251. The first kappa shape index (κ1) is 10.6. The summed E-state index contributed by atoms with van der Waals surface area (Å²) in [4.78, 5) is 4.24. The van der Waals surface area contributed by atoms with E-state index in [0.717, 1.165) is 31.5 Å². The molecular formula is C11H19N3O. The van der Waals surface area contributed by atoms with Gasteiger partial charge in [-0.15, -0.1) is 0 Å². The van der Waals surface area contributed by atoms with E-state index in [9.17, 15) is 5.11 Å². The maximum Gasteiger partial charge on any atom is 0.0947 e. The Kier molecular flexibility index (Phi) is 3.38. The van der Waals surface area contributed by atoms with Crippen molar-refractivity contribution in [3.63, 3.8) is 0 Å². The van der Waals surface area contributed by atoms with Gasteiger partial charge in [-0.2, -0.15) is 0 Å². The van der Waals surface area contributed by atoms with Crippen LogP contribution in [0, 0.1) is 0 Å². The lowest BCUT2D eigenvalue weighted by atomic mass is 9.92. The van der Waals surface area contributed by atoms with Crippen LogP contribution in [0.1, 0.15) is 31.4 Å². The van der Waals surface area contributed by atoms with E-state index in [-0.39, 0.29) is 12.1 Å². The summed E-state index contributed by atoms with van der Waals surface area (Å²) in [5, 5.41) is 13.1. The topological polar surface area (TPSA) is 50.1 Å². The number of rotatable bonds is 3. The molecule has 4 heteroatoms. The zero-order valence-electron chi connectivity index (χ0n) is 9.19. The molecule has 0 aromatic carbocycles. The number of aryl methyl sites for hydroxylation is 1. The van der Waals surface area contributed by atoms with E-state index in [2.05, 4.69) is 10.3 Å². The molecule has 2 atom stereocenters. The highest BCUT2D eigenvalue weighted by atomic mass is 16.3. The van der Waals surface area contributed by atoms with E-state index >= 15 is 0 Å². The maximum atomic E-state index is 9.76. The molecule has 1 fully saturated rings. The minimum atomic E-state index is -0.178. The molecule has 2 N–H and O–H groups in total. The fourth-order valence-corrected chi connectivity index (χ4v) is 2.14.